The van der Waals surface area contributed by atoms with Gasteiger partial charge in [-0.05, 0) is 18.6 Å². The van der Waals surface area contributed by atoms with Crippen molar-refractivity contribution in [1.82, 2.24) is 4.90 Å². The topological polar surface area (TPSA) is 46.6 Å². The minimum atomic E-state index is -0.521. The smallest absolute Gasteiger partial charge is 0.328 e. The first-order valence-electron chi connectivity index (χ1n) is 5.83. The van der Waals surface area contributed by atoms with Crippen LogP contribution >= 0.6 is 0 Å². The van der Waals surface area contributed by atoms with Gasteiger partial charge in [-0.2, -0.15) is 0 Å². The van der Waals surface area contributed by atoms with Crippen LogP contribution in [0.3, 0.4) is 0 Å². The molecule has 0 saturated heterocycles. The van der Waals surface area contributed by atoms with Crippen LogP contribution in [0.1, 0.15) is 16.8 Å². The van der Waals surface area contributed by atoms with Crippen molar-refractivity contribution in [3.05, 3.63) is 48.0 Å². The highest BCUT2D eigenvalue weighted by molar-refractivity contribution is 5.97. The maximum absolute atomic E-state index is 12.3. The van der Waals surface area contributed by atoms with Gasteiger partial charge in [0.1, 0.15) is 6.04 Å². The third kappa shape index (κ3) is 2.42. The van der Waals surface area contributed by atoms with Crippen molar-refractivity contribution >= 4 is 11.9 Å². The number of benzene rings is 1. The Labute approximate surface area is 106 Å². The van der Waals surface area contributed by atoms with Crippen molar-refractivity contribution in [2.24, 2.45) is 0 Å². The van der Waals surface area contributed by atoms with E-state index in [1.165, 1.54) is 7.11 Å². The fourth-order valence-corrected chi connectivity index (χ4v) is 2.00. The highest BCUT2D eigenvalue weighted by Crippen LogP contribution is 2.16. The number of nitrogens with zero attached hydrogens (tertiary/aromatic N) is 1. The molecule has 1 aromatic rings. The lowest BCUT2D eigenvalue weighted by molar-refractivity contribution is -0.145. The average Bonchev–Trinajstić information content (AvgIpc) is 2.46. The van der Waals surface area contributed by atoms with Gasteiger partial charge in [0.2, 0.25) is 0 Å². The van der Waals surface area contributed by atoms with Crippen LogP contribution in [0.15, 0.2) is 42.5 Å². The lowest BCUT2D eigenvalue weighted by Gasteiger charge is -2.30. The van der Waals surface area contributed by atoms with Crippen LogP contribution in [-0.2, 0) is 9.53 Å². The first kappa shape index (κ1) is 12.4. The standard InChI is InChI=1S/C14H15NO3/c1-18-14(17)12-9-5-6-10-15(12)13(16)11-7-3-2-4-8-11/h2-8,12H,9-10H2,1H3. The molecule has 1 amide bonds. The molecule has 0 bridgehead atoms. The summed E-state index contributed by atoms with van der Waals surface area (Å²) in [6.07, 6.45) is 4.29. The quantitative estimate of drug-likeness (QED) is 0.587. The summed E-state index contributed by atoms with van der Waals surface area (Å²) in [5.74, 6) is -0.515. The molecular formula is C14H15NO3. The normalized spacial score (nSPS) is 18.5. The van der Waals surface area contributed by atoms with Crippen molar-refractivity contribution in [2.75, 3.05) is 13.7 Å². The Bertz CT molecular complexity index is 467. The number of methoxy groups -OCH3 is 1. The Kier molecular flexibility index (Phi) is 3.77. The van der Waals surface area contributed by atoms with Crippen LogP contribution in [0.25, 0.3) is 0 Å². The molecule has 0 spiro atoms. The largest absolute Gasteiger partial charge is 0.467 e. The minimum absolute atomic E-state index is 0.143. The highest BCUT2D eigenvalue weighted by atomic mass is 16.5. The highest BCUT2D eigenvalue weighted by Gasteiger charge is 2.31. The zero-order chi connectivity index (χ0) is 13.0. The molecular weight excluding hydrogens is 230 g/mol. The molecule has 94 valence electrons. The molecule has 1 aliphatic rings. The second-order valence-corrected chi connectivity index (χ2v) is 4.07. The van der Waals surface area contributed by atoms with E-state index < -0.39 is 6.04 Å². The Morgan fingerprint density at radius 1 is 1.22 bits per heavy atom. The second-order valence-electron chi connectivity index (χ2n) is 4.07. The number of hydrogen-bond donors (Lipinski definition) is 0. The van der Waals surface area contributed by atoms with Gasteiger partial charge in [0.25, 0.3) is 5.91 Å². The van der Waals surface area contributed by atoms with Crippen molar-refractivity contribution in [3.8, 4) is 0 Å². The molecule has 1 aromatic carbocycles. The number of ether oxygens (including phenoxy) is 1. The van der Waals surface area contributed by atoms with Crippen LogP contribution in [-0.4, -0.2) is 36.5 Å². The number of amides is 1. The third-order valence-corrected chi connectivity index (χ3v) is 2.96. The molecule has 1 aliphatic heterocycles. The van der Waals surface area contributed by atoms with Gasteiger partial charge >= 0.3 is 5.97 Å². The van der Waals surface area contributed by atoms with Gasteiger partial charge in [0, 0.05) is 12.1 Å². The maximum atomic E-state index is 12.3. The van der Waals surface area contributed by atoms with Gasteiger partial charge in [-0.25, -0.2) is 4.79 Å². The summed E-state index contributed by atoms with van der Waals surface area (Å²) in [7, 11) is 1.34. The predicted molar refractivity (Wildman–Crippen MR) is 67.0 cm³/mol. The summed E-state index contributed by atoms with van der Waals surface area (Å²) >= 11 is 0. The van der Waals surface area contributed by atoms with E-state index in [4.69, 9.17) is 4.74 Å². The Balaban J connectivity index is 2.22. The summed E-state index contributed by atoms with van der Waals surface area (Å²) < 4.78 is 4.74. The fraction of sp³-hybridized carbons (Fsp3) is 0.286. The summed E-state index contributed by atoms with van der Waals surface area (Å²) in [5, 5.41) is 0. The Morgan fingerprint density at radius 3 is 2.61 bits per heavy atom. The van der Waals surface area contributed by atoms with Gasteiger partial charge in [-0.3, -0.25) is 4.79 Å². The second kappa shape index (κ2) is 5.49. The molecule has 0 aromatic heterocycles. The van der Waals surface area contributed by atoms with Crippen LogP contribution in [0.4, 0.5) is 0 Å². The van der Waals surface area contributed by atoms with E-state index in [1.807, 2.05) is 18.2 Å². The summed E-state index contributed by atoms with van der Waals surface area (Å²) in [6.45, 7) is 0.438. The van der Waals surface area contributed by atoms with Gasteiger partial charge in [0.15, 0.2) is 0 Å². The van der Waals surface area contributed by atoms with Gasteiger partial charge in [0.05, 0.1) is 7.11 Å². The maximum Gasteiger partial charge on any atom is 0.328 e. The summed E-state index contributed by atoms with van der Waals surface area (Å²) in [4.78, 5) is 25.5. The van der Waals surface area contributed by atoms with Crippen LogP contribution < -0.4 is 0 Å². The van der Waals surface area contributed by atoms with Crippen molar-refractivity contribution in [1.29, 1.82) is 0 Å². The summed E-state index contributed by atoms with van der Waals surface area (Å²) in [6, 6.07) is 8.43. The summed E-state index contributed by atoms with van der Waals surface area (Å²) in [5.41, 5.74) is 0.585. The van der Waals surface area contributed by atoms with Gasteiger partial charge < -0.3 is 9.64 Å². The number of carbonyl (C=O) groups excluding carboxylic acids is 2. The van der Waals surface area contributed by atoms with Crippen LogP contribution in [0, 0.1) is 0 Å². The monoisotopic (exact) mass is 245 g/mol. The fourth-order valence-electron chi connectivity index (χ4n) is 2.00. The molecule has 1 atom stereocenters. The lowest BCUT2D eigenvalue weighted by atomic mass is 10.1. The van der Waals surface area contributed by atoms with E-state index in [1.54, 1.807) is 29.2 Å². The van der Waals surface area contributed by atoms with Crippen LogP contribution in [0.2, 0.25) is 0 Å². The molecule has 1 unspecified atom stereocenters. The zero-order valence-electron chi connectivity index (χ0n) is 10.2. The molecule has 0 fully saturated rings. The number of carbonyl (C=O) groups is 2. The lowest BCUT2D eigenvalue weighted by Crippen LogP contribution is -2.47. The zero-order valence-corrected chi connectivity index (χ0v) is 10.2. The number of hydrogen-bond acceptors (Lipinski definition) is 3. The first-order chi connectivity index (χ1) is 8.74. The molecule has 4 heteroatoms. The minimum Gasteiger partial charge on any atom is -0.467 e. The molecule has 4 nitrogen and oxygen atoms in total. The van der Waals surface area contributed by atoms with Crippen molar-refractivity contribution in [3.63, 3.8) is 0 Å². The number of esters is 1. The van der Waals surface area contributed by atoms with Crippen LogP contribution in [0.5, 0.6) is 0 Å². The average molecular weight is 245 g/mol. The van der Waals surface area contributed by atoms with E-state index in [2.05, 4.69) is 0 Å². The van der Waals surface area contributed by atoms with E-state index >= 15 is 0 Å². The van der Waals surface area contributed by atoms with Gasteiger partial charge in [-0.1, -0.05) is 30.4 Å². The van der Waals surface area contributed by atoms with E-state index in [-0.39, 0.29) is 11.9 Å². The molecule has 0 saturated carbocycles. The molecule has 0 radical (unpaired) electrons. The predicted octanol–water partition coefficient (Wildman–Crippen LogP) is 1.63. The van der Waals surface area contributed by atoms with Crippen molar-refractivity contribution < 1.29 is 14.3 Å². The Morgan fingerprint density at radius 2 is 1.94 bits per heavy atom. The van der Waals surface area contributed by atoms with E-state index in [9.17, 15) is 9.59 Å². The molecule has 0 N–H and O–H groups in total. The van der Waals surface area contributed by atoms with Crippen molar-refractivity contribution in [2.45, 2.75) is 12.5 Å². The third-order valence-electron chi connectivity index (χ3n) is 2.96. The molecule has 1 heterocycles. The van der Waals surface area contributed by atoms with Gasteiger partial charge in [-0.15, -0.1) is 0 Å². The first-order valence-corrected chi connectivity index (χ1v) is 5.83. The Hall–Kier alpha value is -2.10. The number of rotatable bonds is 2. The molecule has 0 aliphatic carbocycles. The molecule has 2 rings (SSSR count). The van der Waals surface area contributed by atoms with E-state index in [0.717, 1.165) is 0 Å². The SMILES string of the molecule is COC(=O)C1CC=CCN1C(=O)c1ccccc1. The molecule has 18 heavy (non-hydrogen) atoms. The van der Waals surface area contributed by atoms with E-state index in [0.29, 0.717) is 18.5 Å².